The van der Waals surface area contributed by atoms with Crippen molar-refractivity contribution in [2.24, 2.45) is 5.10 Å². The molecule has 134 valence electrons. The van der Waals surface area contributed by atoms with Crippen molar-refractivity contribution < 1.29 is 9.85 Å². The van der Waals surface area contributed by atoms with E-state index in [0.717, 1.165) is 24.7 Å². The largest absolute Gasteiger partial charge is 0.372 e. The molecule has 0 amide bonds. The van der Waals surface area contributed by atoms with E-state index in [1.807, 2.05) is 24.3 Å². The minimum absolute atomic E-state index is 0.0885. The smallest absolute Gasteiger partial charge is 0.301 e. The van der Waals surface area contributed by atoms with Crippen LogP contribution in [0.15, 0.2) is 47.6 Å². The summed E-state index contributed by atoms with van der Waals surface area (Å²) in [6.45, 7) is 2.14. The summed E-state index contributed by atoms with van der Waals surface area (Å²) in [5, 5.41) is 25.8. The molecule has 1 saturated heterocycles. The van der Waals surface area contributed by atoms with Crippen LogP contribution in [-0.2, 0) is 0 Å². The molecule has 0 radical (unpaired) electrons. The summed E-state index contributed by atoms with van der Waals surface area (Å²) >= 11 is 0. The normalized spacial score (nSPS) is 13.9. The number of non-ortho nitro benzene ring substituents is 1. The minimum Gasteiger partial charge on any atom is -0.372 e. The fourth-order valence-corrected chi connectivity index (χ4v) is 2.80. The van der Waals surface area contributed by atoms with Crippen molar-refractivity contribution in [1.82, 2.24) is 0 Å². The number of nitrogens with zero attached hydrogens (tertiary/aromatic N) is 4. The van der Waals surface area contributed by atoms with Crippen molar-refractivity contribution in [2.45, 2.75) is 12.8 Å². The number of nitro benzene ring substituents is 2. The van der Waals surface area contributed by atoms with E-state index in [-0.39, 0.29) is 11.4 Å². The van der Waals surface area contributed by atoms with Gasteiger partial charge in [-0.1, -0.05) is 12.1 Å². The lowest BCUT2D eigenvalue weighted by Gasteiger charge is -2.17. The van der Waals surface area contributed by atoms with Crippen molar-refractivity contribution >= 4 is 29.0 Å². The summed E-state index contributed by atoms with van der Waals surface area (Å²) in [7, 11) is 0. The van der Waals surface area contributed by atoms with E-state index in [0.29, 0.717) is 0 Å². The number of rotatable bonds is 6. The highest BCUT2D eigenvalue weighted by Gasteiger charge is 2.19. The molecule has 1 N–H and O–H groups in total. The van der Waals surface area contributed by atoms with Gasteiger partial charge in [0.25, 0.3) is 5.69 Å². The molecule has 1 heterocycles. The molecular formula is C17H17N5O4. The molecule has 1 fully saturated rings. The Hall–Kier alpha value is -3.49. The number of nitrogens with one attached hydrogen (secondary N) is 1. The quantitative estimate of drug-likeness (QED) is 0.481. The second-order valence-electron chi connectivity index (χ2n) is 5.87. The number of anilines is 2. The van der Waals surface area contributed by atoms with Gasteiger partial charge in [-0.15, -0.1) is 0 Å². The van der Waals surface area contributed by atoms with Crippen LogP contribution in [0, 0.1) is 20.2 Å². The molecule has 1 aliphatic heterocycles. The molecule has 9 nitrogen and oxygen atoms in total. The van der Waals surface area contributed by atoms with Crippen LogP contribution < -0.4 is 10.3 Å². The van der Waals surface area contributed by atoms with Gasteiger partial charge in [0.15, 0.2) is 0 Å². The van der Waals surface area contributed by atoms with Gasteiger partial charge in [0.2, 0.25) is 0 Å². The van der Waals surface area contributed by atoms with Crippen LogP contribution in [0.5, 0.6) is 0 Å². The van der Waals surface area contributed by atoms with Gasteiger partial charge in [-0.2, -0.15) is 5.10 Å². The van der Waals surface area contributed by atoms with Crippen LogP contribution in [0.1, 0.15) is 18.4 Å². The molecule has 0 aromatic heterocycles. The van der Waals surface area contributed by atoms with Gasteiger partial charge in [0.05, 0.1) is 22.1 Å². The lowest BCUT2D eigenvalue weighted by atomic mass is 10.2. The summed E-state index contributed by atoms with van der Waals surface area (Å²) in [5.74, 6) is 0. The second kappa shape index (κ2) is 7.60. The average molecular weight is 355 g/mol. The van der Waals surface area contributed by atoms with E-state index in [9.17, 15) is 20.2 Å². The predicted octanol–water partition coefficient (Wildman–Crippen LogP) is 3.55. The third-order valence-electron chi connectivity index (χ3n) is 4.15. The maximum absolute atomic E-state index is 11.1. The Morgan fingerprint density at radius 3 is 2.31 bits per heavy atom. The molecule has 0 bridgehead atoms. The number of hydrogen-bond donors (Lipinski definition) is 1. The summed E-state index contributed by atoms with van der Waals surface area (Å²) in [6.07, 6.45) is 3.96. The zero-order valence-electron chi connectivity index (χ0n) is 13.9. The Bertz CT molecular complexity index is 845. The SMILES string of the molecule is O=[N+]([O-])c1ccc(N/N=C/c2ccc(N3CCCC3)cc2)c([N+](=O)[O-])c1. The molecule has 0 saturated carbocycles. The van der Waals surface area contributed by atoms with Crippen LogP contribution >= 0.6 is 0 Å². The van der Waals surface area contributed by atoms with E-state index in [2.05, 4.69) is 15.4 Å². The molecule has 0 unspecified atom stereocenters. The van der Waals surface area contributed by atoms with Crippen LogP contribution in [-0.4, -0.2) is 29.2 Å². The van der Waals surface area contributed by atoms with Gasteiger partial charge in [-0.3, -0.25) is 25.7 Å². The van der Waals surface area contributed by atoms with Crippen LogP contribution in [0.2, 0.25) is 0 Å². The van der Waals surface area contributed by atoms with Crippen molar-refractivity contribution in [3.8, 4) is 0 Å². The molecule has 0 atom stereocenters. The Balaban J connectivity index is 1.70. The Morgan fingerprint density at radius 2 is 1.69 bits per heavy atom. The number of hydrogen-bond acceptors (Lipinski definition) is 7. The minimum atomic E-state index is -0.685. The monoisotopic (exact) mass is 355 g/mol. The first-order chi connectivity index (χ1) is 12.5. The highest BCUT2D eigenvalue weighted by Crippen LogP contribution is 2.28. The molecular weight excluding hydrogens is 338 g/mol. The lowest BCUT2D eigenvalue weighted by Crippen LogP contribution is -2.17. The van der Waals surface area contributed by atoms with Gasteiger partial charge < -0.3 is 4.90 Å². The van der Waals surface area contributed by atoms with Crippen molar-refractivity contribution in [3.63, 3.8) is 0 Å². The Morgan fingerprint density at radius 1 is 1.00 bits per heavy atom. The van der Waals surface area contributed by atoms with E-state index >= 15 is 0 Å². The van der Waals surface area contributed by atoms with Crippen molar-refractivity contribution in [1.29, 1.82) is 0 Å². The molecule has 3 rings (SSSR count). The van der Waals surface area contributed by atoms with Gasteiger partial charge in [-0.25, -0.2) is 0 Å². The van der Waals surface area contributed by atoms with Crippen molar-refractivity contribution in [2.75, 3.05) is 23.4 Å². The van der Waals surface area contributed by atoms with E-state index in [1.54, 1.807) is 6.21 Å². The van der Waals surface area contributed by atoms with Crippen LogP contribution in [0.3, 0.4) is 0 Å². The molecule has 26 heavy (non-hydrogen) atoms. The van der Waals surface area contributed by atoms with E-state index < -0.39 is 15.5 Å². The fraction of sp³-hybridized carbons (Fsp3) is 0.235. The Kier molecular flexibility index (Phi) is 5.07. The highest BCUT2D eigenvalue weighted by atomic mass is 16.6. The molecule has 9 heteroatoms. The third-order valence-corrected chi connectivity index (χ3v) is 4.15. The first kappa shape index (κ1) is 17.3. The van der Waals surface area contributed by atoms with Gasteiger partial charge >= 0.3 is 5.69 Å². The zero-order chi connectivity index (χ0) is 18.5. The second-order valence-corrected chi connectivity index (χ2v) is 5.87. The highest BCUT2D eigenvalue weighted by molar-refractivity contribution is 5.81. The maximum atomic E-state index is 11.1. The first-order valence-electron chi connectivity index (χ1n) is 8.11. The Labute approximate surface area is 149 Å². The average Bonchev–Trinajstić information content (AvgIpc) is 3.17. The molecule has 2 aromatic carbocycles. The fourth-order valence-electron chi connectivity index (χ4n) is 2.80. The van der Waals surface area contributed by atoms with Gasteiger partial charge in [-0.05, 0) is 36.6 Å². The summed E-state index contributed by atoms with van der Waals surface area (Å²) in [6, 6.07) is 11.2. The van der Waals surface area contributed by atoms with Gasteiger partial charge in [0.1, 0.15) is 5.69 Å². The molecule has 0 aliphatic carbocycles. The number of hydrazone groups is 1. The standard InChI is InChI=1S/C17H17N5O4/c23-21(24)15-7-8-16(17(11-15)22(25)26)19-18-12-13-3-5-14(6-4-13)20-9-1-2-10-20/h3-8,11-12,19H,1-2,9-10H2/b18-12+. The predicted molar refractivity (Wildman–Crippen MR) is 98.9 cm³/mol. The summed E-state index contributed by atoms with van der Waals surface area (Å²) < 4.78 is 0. The van der Waals surface area contributed by atoms with Crippen LogP contribution in [0.4, 0.5) is 22.7 Å². The third kappa shape index (κ3) is 3.94. The lowest BCUT2D eigenvalue weighted by molar-refractivity contribution is -0.393. The summed E-state index contributed by atoms with van der Waals surface area (Å²) in [5.41, 5.74) is 3.92. The van der Waals surface area contributed by atoms with Crippen LogP contribution in [0.25, 0.3) is 0 Å². The van der Waals surface area contributed by atoms with E-state index in [1.165, 1.54) is 30.7 Å². The van der Waals surface area contributed by atoms with E-state index in [4.69, 9.17) is 0 Å². The number of benzene rings is 2. The molecule has 0 spiro atoms. The number of nitro groups is 2. The first-order valence-corrected chi connectivity index (χ1v) is 8.11. The molecule has 2 aromatic rings. The van der Waals surface area contributed by atoms with Gasteiger partial charge in [0, 0.05) is 24.8 Å². The topological polar surface area (TPSA) is 114 Å². The molecule has 1 aliphatic rings. The zero-order valence-corrected chi connectivity index (χ0v) is 13.9. The summed E-state index contributed by atoms with van der Waals surface area (Å²) in [4.78, 5) is 22.8. The van der Waals surface area contributed by atoms with Crippen molar-refractivity contribution in [3.05, 3.63) is 68.3 Å². The maximum Gasteiger partial charge on any atom is 0.301 e.